The molecule has 2 aliphatic rings. The summed E-state index contributed by atoms with van der Waals surface area (Å²) in [6, 6.07) is 0. The van der Waals surface area contributed by atoms with Gasteiger partial charge in [0.15, 0.2) is 12.6 Å². The van der Waals surface area contributed by atoms with E-state index in [1.807, 2.05) is 0 Å². The van der Waals surface area contributed by atoms with Crippen LogP contribution in [-0.4, -0.2) is 115 Å². The zero-order valence-electron chi connectivity index (χ0n) is 12.0. The smallest absolute Gasteiger partial charge is 0.187 e. The van der Waals surface area contributed by atoms with Gasteiger partial charge in [-0.1, -0.05) is 0 Å². The topological polar surface area (TPSA) is 190 Å². The Morgan fingerprint density at radius 1 is 0.652 bits per heavy atom. The third-order valence-electron chi connectivity index (χ3n) is 3.98. The number of aliphatic hydroxyl groups is 8. The molecule has 0 aromatic rings. The molecular formula is C12H22O11. The highest BCUT2D eigenvalue weighted by Gasteiger charge is 2.50. The standard InChI is InChI=1S/C12H22O11/c13-1-3-5(15)7(17)8(18)12(22-3)23-10-6(16)4(2-14)21-11(20)9(10)19/h3-20H,1-2H2/t3-,4-,5-,6+,7+,8+,9-,10+,11?,12-/m1/s1. The molecule has 23 heavy (non-hydrogen) atoms. The van der Waals surface area contributed by atoms with Gasteiger partial charge in [0.2, 0.25) is 0 Å². The summed E-state index contributed by atoms with van der Waals surface area (Å²) in [5, 5.41) is 76.8. The van der Waals surface area contributed by atoms with Gasteiger partial charge in [-0.05, 0) is 0 Å². The van der Waals surface area contributed by atoms with E-state index in [0.717, 1.165) is 0 Å². The van der Waals surface area contributed by atoms with E-state index in [4.69, 9.17) is 24.4 Å². The van der Waals surface area contributed by atoms with Crippen molar-refractivity contribution in [3.8, 4) is 0 Å². The first-order valence-corrected chi connectivity index (χ1v) is 7.08. The number of ether oxygens (including phenoxy) is 3. The molecule has 10 atom stereocenters. The number of rotatable bonds is 4. The maximum atomic E-state index is 10.00. The molecule has 0 radical (unpaired) electrons. The summed E-state index contributed by atoms with van der Waals surface area (Å²) >= 11 is 0. The maximum Gasteiger partial charge on any atom is 0.187 e. The zero-order valence-corrected chi connectivity index (χ0v) is 12.0. The van der Waals surface area contributed by atoms with Crippen LogP contribution in [0.2, 0.25) is 0 Å². The quantitative estimate of drug-likeness (QED) is 0.243. The zero-order chi connectivity index (χ0) is 17.3. The molecule has 0 spiro atoms. The van der Waals surface area contributed by atoms with E-state index in [1.54, 1.807) is 0 Å². The Morgan fingerprint density at radius 2 is 1.22 bits per heavy atom. The van der Waals surface area contributed by atoms with Crippen molar-refractivity contribution in [3.05, 3.63) is 0 Å². The molecule has 2 saturated heterocycles. The summed E-state index contributed by atoms with van der Waals surface area (Å²) in [4.78, 5) is 0. The predicted octanol–water partition coefficient (Wildman–Crippen LogP) is -5.40. The van der Waals surface area contributed by atoms with Crippen LogP contribution in [-0.2, 0) is 14.2 Å². The molecule has 0 aromatic carbocycles. The predicted molar refractivity (Wildman–Crippen MR) is 68.6 cm³/mol. The molecule has 2 rings (SSSR count). The van der Waals surface area contributed by atoms with Gasteiger partial charge >= 0.3 is 0 Å². The van der Waals surface area contributed by atoms with Crippen molar-refractivity contribution in [3.63, 3.8) is 0 Å². The van der Waals surface area contributed by atoms with Crippen LogP contribution in [0.4, 0.5) is 0 Å². The molecule has 0 aromatic heterocycles. The first-order chi connectivity index (χ1) is 10.8. The van der Waals surface area contributed by atoms with Gasteiger partial charge in [0, 0.05) is 0 Å². The molecule has 0 saturated carbocycles. The lowest BCUT2D eigenvalue weighted by atomic mass is 9.97. The van der Waals surface area contributed by atoms with E-state index in [0.29, 0.717) is 0 Å². The van der Waals surface area contributed by atoms with Crippen molar-refractivity contribution in [2.75, 3.05) is 13.2 Å². The van der Waals surface area contributed by atoms with Crippen LogP contribution < -0.4 is 0 Å². The second-order valence-corrected chi connectivity index (χ2v) is 5.53. The van der Waals surface area contributed by atoms with Crippen molar-refractivity contribution in [2.24, 2.45) is 0 Å². The highest BCUT2D eigenvalue weighted by atomic mass is 16.7. The molecule has 2 heterocycles. The van der Waals surface area contributed by atoms with Crippen molar-refractivity contribution in [1.82, 2.24) is 0 Å². The summed E-state index contributed by atoms with van der Waals surface area (Å²) in [7, 11) is 0. The second-order valence-electron chi connectivity index (χ2n) is 5.53. The molecule has 8 N–H and O–H groups in total. The molecule has 0 amide bonds. The van der Waals surface area contributed by atoms with E-state index < -0.39 is 74.6 Å². The second kappa shape index (κ2) is 7.63. The van der Waals surface area contributed by atoms with Crippen LogP contribution in [0.25, 0.3) is 0 Å². The van der Waals surface area contributed by atoms with Crippen molar-refractivity contribution in [2.45, 2.75) is 61.4 Å². The van der Waals surface area contributed by atoms with Gasteiger partial charge < -0.3 is 55.1 Å². The van der Waals surface area contributed by atoms with Gasteiger partial charge in [-0.25, -0.2) is 0 Å². The van der Waals surface area contributed by atoms with Gasteiger partial charge in [-0.3, -0.25) is 0 Å². The molecule has 136 valence electrons. The minimum absolute atomic E-state index is 0.667. The number of hydrogen-bond donors (Lipinski definition) is 8. The van der Waals surface area contributed by atoms with E-state index in [9.17, 15) is 30.6 Å². The fraction of sp³-hybridized carbons (Fsp3) is 1.00. The molecule has 0 aliphatic carbocycles. The summed E-state index contributed by atoms with van der Waals surface area (Å²) in [6.07, 6.45) is -15.7. The van der Waals surface area contributed by atoms with Crippen LogP contribution >= 0.6 is 0 Å². The molecular weight excluding hydrogens is 320 g/mol. The first-order valence-electron chi connectivity index (χ1n) is 7.08. The molecule has 2 aliphatic heterocycles. The molecule has 1 unspecified atom stereocenters. The lowest BCUT2D eigenvalue weighted by molar-refractivity contribution is -0.355. The van der Waals surface area contributed by atoms with Gasteiger partial charge in [0.25, 0.3) is 0 Å². The molecule has 11 nitrogen and oxygen atoms in total. The van der Waals surface area contributed by atoms with Crippen LogP contribution in [0.1, 0.15) is 0 Å². The van der Waals surface area contributed by atoms with Crippen LogP contribution in [0.15, 0.2) is 0 Å². The maximum absolute atomic E-state index is 10.00. The average molecular weight is 342 g/mol. The minimum Gasteiger partial charge on any atom is -0.394 e. The molecule has 2 fully saturated rings. The lowest BCUT2D eigenvalue weighted by Gasteiger charge is -2.45. The van der Waals surface area contributed by atoms with Crippen molar-refractivity contribution < 1.29 is 55.1 Å². The molecule has 0 bridgehead atoms. The van der Waals surface area contributed by atoms with Gasteiger partial charge in [0.05, 0.1) is 13.2 Å². The Morgan fingerprint density at radius 3 is 1.78 bits per heavy atom. The average Bonchev–Trinajstić information content (AvgIpc) is 2.54. The Balaban J connectivity index is 2.11. The van der Waals surface area contributed by atoms with Crippen LogP contribution in [0, 0.1) is 0 Å². The van der Waals surface area contributed by atoms with E-state index in [2.05, 4.69) is 0 Å². The Kier molecular flexibility index (Phi) is 6.27. The third kappa shape index (κ3) is 3.65. The normalized spacial score (nSPS) is 51.7. The van der Waals surface area contributed by atoms with Crippen molar-refractivity contribution in [1.29, 1.82) is 0 Å². The highest BCUT2D eigenvalue weighted by molar-refractivity contribution is 4.93. The number of aliphatic hydroxyl groups excluding tert-OH is 8. The van der Waals surface area contributed by atoms with Crippen molar-refractivity contribution >= 4 is 0 Å². The van der Waals surface area contributed by atoms with E-state index in [-0.39, 0.29) is 0 Å². The summed E-state index contributed by atoms with van der Waals surface area (Å²) in [6.45, 7) is -1.34. The van der Waals surface area contributed by atoms with Gasteiger partial charge in [-0.15, -0.1) is 0 Å². The highest BCUT2D eigenvalue weighted by Crippen LogP contribution is 2.28. The van der Waals surface area contributed by atoms with Crippen LogP contribution in [0.5, 0.6) is 0 Å². The minimum atomic E-state index is -1.76. The third-order valence-corrected chi connectivity index (χ3v) is 3.98. The summed E-state index contributed by atoms with van der Waals surface area (Å²) in [5.41, 5.74) is 0. The molecule has 11 heteroatoms. The number of hydrogen-bond acceptors (Lipinski definition) is 11. The van der Waals surface area contributed by atoms with E-state index in [1.165, 1.54) is 0 Å². The van der Waals surface area contributed by atoms with Gasteiger partial charge in [0.1, 0.15) is 48.8 Å². The Labute approximate surface area is 130 Å². The summed E-state index contributed by atoms with van der Waals surface area (Å²) in [5.74, 6) is 0. The lowest BCUT2D eigenvalue weighted by Crippen LogP contribution is -2.64. The largest absolute Gasteiger partial charge is 0.394 e. The Hall–Kier alpha value is -0.440. The van der Waals surface area contributed by atoms with Crippen LogP contribution in [0.3, 0.4) is 0 Å². The monoisotopic (exact) mass is 342 g/mol. The van der Waals surface area contributed by atoms with Gasteiger partial charge in [-0.2, -0.15) is 0 Å². The Bertz CT molecular complexity index is 380. The first kappa shape index (κ1) is 18.9. The fourth-order valence-electron chi connectivity index (χ4n) is 2.56. The summed E-state index contributed by atoms with van der Waals surface area (Å²) < 4.78 is 15.1. The SMILES string of the molecule is OC[C@H]1OC(O)[C@H](O)[C@@H](O[C@H]2O[C@H](CO)[C@@H](O)[C@H](O)[C@@H]2O)[C@H]1O. The fourth-order valence-corrected chi connectivity index (χ4v) is 2.56. The van der Waals surface area contributed by atoms with E-state index >= 15 is 0 Å².